The lowest BCUT2D eigenvalue weighted by molar-refractivity contribution is -0.127. The molecule has 0 fully saturated rings. The molecule has 0 saturated carbocycles. The first-order chi connectivity index (χ1) is 10.8. The van der Waals surface area contributed by atoms with Crippen molar-refractivity contribution in [1.82, 2.24) is 5.48 Å². The van der Waals surface area contributed by atoms with Gasteiger partial charge in [-0.15, -0.1) is 0 Å². The molecule has 3 rings (SSSR count). The minimum atomic E-state index is -0.146. The number of hydrogen-bond acceptors (Lipinski definition) is 2. The Morgan fingerprint density at radius 2 is 1.68 bits per heavy atom. The maximum absolute atomic E-state index is 11.5. The molecule has 0 heterocycles. The van der Waals surface area contributed by atoms with Gasteiger partial charge in [0.2, 0.25) is 0 Å². The van der Waals surface area contributed by atoms with E-state index in [4.69, 9.17) is 4.84 Å². The van der Waals surface area contributed by atoms with Crippen LogP contribution in [0.1, 0.15) is 13.3 Å². The van der Waals surface area contributed by atoms with Crippen molar-refractivity contribution in [1.29, 1.82) is 0 Å². The van der Waals surface area contributed by atoms with Crippen LogP contribution >= 0.6 is 0 Å². The van der Waals surface area contributed by atoms with Crippen molar-refractivity contribution in [2.24, 2.45) is 0 Å². The van der Waals surface area contributed by atoms with Gasteiger partial charge in [-0.2, -0.15) is 5.48 Å². The van der Waals surface area contributed by atoms with E-state index < -0.39 is 0 Å². The van der Waals surface area contributed by atoms with Gasteiger partial charge in [-0.3, -0.25) is 4.79 Å². The van der Waals surface area contributed by atoms with Crippen LogP contribution in [-0.2, 0) is 4.79 Å². The maximum Gasteiger partial charge on any atom is 0.252 e. The smallest absolute Gasteiger partial charge is 0.252 e. The van der Waals surface area contributed by atoms with Crippen molar-refractivity contribution in [3.63, 3.8) is 0 Å². The average molecular weight is 291 g/mol. The molecule has 0 aliphatic heterocycles. The van der Waals surface area contributed by atoms with E-state index in [0.717, 1.165) is 21.9 Å². The number of fused-ring (bicyclic) bond motifs is 1. The third-order valence-electron chi connectivity index (χ3n) is 3.55. The van der Waals surface area contributed by atoms with Crippen LogP contribution in [0.15, 0.2) is 66.7 Å². The molecule has 3 nitrogen and oxygen atoms in total. The number of benzene rings is 3. The van der Waals surface area contributed by atoms with Gasteiger partial charge in [0.15, 0.2) is 5.75 Å². The van der Waals surface area contributed by atoms with Crippen molar-refractivity contribution in [3.8, 4) is 16.9 Å². The molecule has 110 valence electrons. The first-order valence-electron chi connectivity index (χ1n) is 7.32. The van der Waals surface area contributed by atoms with Crippen LogP contribution in [0.2, 0.25) is 0 Å². The van der Waals surface area contributed by atoms with Crippen LogP contribution in [0, 0.1) is 0 Å². The highest BCUT2D eigenvalue weighted by Crippen LogP contribution is 2.36. The molecular formula is C19H17NO2. The zero-order chi connectivity index (χ0) is 15.4. The Kier molecular flexibility index (Phi) is 4.05. The Labute approximate surface area is 129 Å². The summed E-state index contributed by atoms with van der Waals surface area (Å²) >= 11 is 0. The lowest BCUT2D eigenvalue weighted by Crippen LogP contribution is -2.26. The molecule has 22 heavy (non-hydrogen) atoms. The molecule has 3 aromatic rings. The Morgan fingerprint density at radius 3 is 2.45 bits per heavy atom. The third kappa shape index (κ3) is 2.79. The first kappa shape index (κ1) is 14.1. The summed E-state index contributed by atoms with van der Waals surface area (Å²) < 4.78 is 0. The van der Waals surface area contributed by atoms with Gasteiger partial charge in [-0.25, -0.2) is 0 Å². The highest BCUT2D eigenvalue weighted by molar-refractivity contribution is 5.99. The minimum Gasteiger partial charge on any atom is -0.379 e. The number of hydrogen-bond donors (Lipinski definition) is 1. The van der Waals surface area contributed by atoms with Gasteiger partial charge in [-0.05, 0) is 22.4 Å². The molecule has 0 radical (unpaired) electrons. The van der Waals surface area contributed by atoms with Crippen molar-refractivity contribution in [2.75, 3.05) is 0 Å². The quantitative estimate of drug-likeness (QED) is 0.727. The number of amides is 1. The van der Waals surface area contributed by atoms with E-state index >= 15 is 0 Å². The van der Waals surface area contributed by atoms with E-state index in [1.807, 2.05) is 54.6 Å². The van der Waals surface area contributed by atoms with Crippen LogP contribution in [0.5, 0.6) is 5.75 Å². The molecule has 0 bridgehead atoms. The largest absolute Gasteiger partial charge is 0.379 e. The molecule has 3 aromatic carbocycles. The van der Waals surface area contributed by atoms with Gasteiger partial charge in [0.05, 0.1) is 0 Å². The Balaban J connectivity index is 2.13. The summed E-state index contributed by atoms with van der Waals surface area (Å²) in [5.74, 6) is 0.499. The fraction of sp³-hybridized carbons (Fsp3) is 0.105. The van der Waals surface area contributed by atoms with Gasteiger partial charge in [0.25, 0.3) is 5.91 Å². The normalized spacial score (nSPS) is 10.4. The monoisotopic (exact) mass is 291 g/mol. The summed E-state index contributed by atoms with van der Waals surface area (Å²) in [6.45, 7) is 1.79. The molecule has 0 unspecified atom stereocenters. The molecule has 1 amide bonds. The fourth-order valence-corrected chi connectivity index (χ4v) is 2.42. The SMILES string of the molecule is CCC(=O)NOc1ccc2ccccc2c1-c1ccccc1. The molecule has 0 spiro atoms. The lowest BCUT2D eigenvalue weighted by atomic mass is 9.97. The summed E-state index contributed by atoms with van der Waals surface area (Å²) in [5, 5.41) is 2.23. The van der Waals surface area contributed by atoms with Gasteiger partial charge >= 0.3 is 0 Å². The molecule has 0 aliphatic rings. The van der Waals surface area contributed by atoms with Crippen molar-refractivity contribution in [3.05, 3.63) is 66.7 Å². The molecule has 0 aromatic heterocycles. The van der Waals surface area contributed by atoms with E-state index in [-0.39, 0.29) is 5.91 Å². The van der Waals surface area contributed by atoms with Crippen LogP contribution in [0.25, 0.3) is 21.9 Å². The molecule has 1 N–H and O–H groups in total. The van der Waals surface area contributed by atoms with Crippen molar-refractivity contribution < 1.29 is 9.63 Å². The Hall–Kier alpha value is -2.81. The van der Waals surface area contributed by atoms with E-state index in [1.54, 1.807) is 6.92 Å². The summed E-state index contributed by atoms with van der Waals surface area (Å²) in [7, 11) is 0. The van der Waals surface area contributed by atoms with Gasteiger partial charge < -0.3 is 4.84 Å². The molecule has 0 atom stereocenters. The standard InChI is InChI=1S/C19H17NO2/c1-2-18(21)20-22-17-13-12-14-8-6-7-11-16(14)19(17)15-9-4-3-5-10-15/h3-13H,2H2,1H3,(H,20,21). The highest BCUT2D eigenvalue weighted by Gasteiger charge is 2.12. The Morgan fingerprint density at radius 1 is 0.955 bits per heavy atom. The molecule has 0 saturated heterocycles. The van der Waals surface area contributed by atoms with Gasteiger partial charge in [0.1, 0.15) is 0 Å². The van der Waals surface area contributed by atoms with Gasteiger partial charge in [0, 0.05) is 12.0 Å². The molecular weight excluding hydrogens is 274 g/mol. The van der Waals surface area contributed by atoms with Crippen molar-refractivity contribution >= 4 is 16.7 Å². The summed E-state index contributed by atoms with van der Waals surface area (Å²) in [4.78, 5) is 17.0. The first-order valence-corrected chi connectivity index (χ1v) is 7.32. The second kappa shape index (κ2) is 6.31. The number of rotatable bonds is 4. The van der Waals surface area contributed by atoms with Crippen LogP contribution < -0.4 is 10.3 Å². The fourth-order valence-electron chi connectivity index (χ4n) is 2.42. The van der Waals surface area contributed by atoms with Crippen LogP contribution in [0.3, 0.4) is 0 Å². The van der Waals surface area contributed by atoms with E-state index in [9.17, 15) is 4.79 Å². The summed E-state index contributed by atoms with van der Waals surface area (Å²) in [6, 6.07) is 22.1. The zero-order valence-electron chi connectivity index (χ0n) is 12.4. The average Bonchev–Trinajstić information content (AvgIpc) is 2.59. The number of carbonyl (C=O) groups excluding carboxylic acids is 1. The number of nitrogens with one attached hydrogen (secondary N) is 1. The predicted molar refractivity (Wildman–Crippen MR) is 88.4 cm³/mol. The third-order valence-corrected chi connectivity index (χ3v) is 3.55. The highest BCUT2D eigenvalue weighted by atomic mass is 16.7. The van der Waals surface area contributed by atoms with E-state index in [1.165, 1.54) is 0 Å². The molecule has 0 aliphatic carbocycles. The lowest BCUT2D eigenvalue weighted by Gasteiger charge is -2.14. The second-order valence-electron chi connectivity index (χ2n) is 5.01. The maximum atomic E-state index is 11.5. The van der Waals surface area contributed by atoms with Gasteiger partial charge in [-0.1, -0.05) is 67.6 Å². The van der Waals surface area contributed by atoms with E-state index in [2.05, 4.69) is 17.6 Å². The van der Waals surface area contributed by atoms with E-state index in [0.29, 0.717) is 12.2 Å². The molecule has 3 heteroatoms. The summed E-state index contributed by atoms with van der Waals surface area (Å²) in [6.07, 6.45) is 0.383. The van der Waals surface area contributed by atoms with Crippen LogP contribution in [0.4, 0.5) is 0 Å². The zero-order valence-corrected chi connectivity index (χ0v) is 12.4. The minimum absolute atomic E-state index is 0.146. The van der Waals surface area contributed by atoms with Crippen LogP contribution in [-0.4, -0.2) is 5.91 Å². The topological polar surface area (TPSA) is 38.3 Å². The predicted octanol–water partition coefficient (Wildman–Crippen LogP) is 4.33. The summed E-state index contributed by atoms with van der Waals surface area (Å²) in [5.41, 5.74) is 4.52. The number of carbonyl (C=O) groups is 1. The van der Waals surface area contributed by atoms with Crippen molar-refractivity contribution in [2.45, 2.75) is 13.3 Å². The number of hydroxylamine groups is 1. The Bertz CT molecular complexity index is 797. The second-order valence-corrected chi connectivity index (χ2v) is 5.01.